The molecule has 3 heteroatoms. The molecule has 1 amide bonds. The fourth-order valence-electron chi connectivity index (χ4n) is 2.06. The number of nitrogens with two attached hydrogens (primary N) is 1. The third-order valence-electron chi connectivity index (χ3n) is 3.39. The monoisotopic (exact) mass is 276 g/mol. The first-order valence-electron chi connectivity index (χ1n) is 7.54. The van der Waals surface area contributed by atoms with Gasteiger partial charge in [0.15, 0.2) is 0 Å². The molecule has 1 aromatic rings. The van der Waals surface area contributed by atoms with E-state index in [1.807, 2.05) is 12.1 Å². The summed E-state index contributed by atoms with van der Waals surface area (Å²) >= 11 is 0. The lowest BCUT2D eigenvalue weighted by molar-refractivity contribution is -0.116. The summed E-state index contributed by atoms with van der Waals surface area (Å²) in [6, 6.07) is 8.12. The molecule has 3 N–H and O–H groups in total. The van der Waals surface area contributed by atoms with Crippen LogP contribution >= 0.6 is 0 Å². The van der Waals surface area contributed by atoms with Gasteiger partial charge in [0.2, 0.25) is 5.91 Å². The summed E-state index contributed by atoms with van der Waals surface area (Å²) in [6.07, 6.45) is 4.77. The first-order valence-corrected chi connectivity index (χ1v) is 7.54. The number of carbonyl (C=O) groups excluding carboxylic acids is 1. The number of carbonyl (C=O) groups is 1. The smallest absolute Gasteiger partial charge is 0.224 e. The number of rotatable bonds is 7. The zero-order valence-corrected chi connectivity index (χ0v) is 13.0. The first-order chi connectivity index (χ1) is 9.43. The van der Waals surface area contributed by atoms with Gasteiger partial charge in [0, 0.05) is 12.1 Å². The summed E-state index contributed by atoms with van der Waals surface area (Å²) < 4.78 is 0. The highest BCUT2D eigenvalue weighted by Crippen LogP contribution is 2.23. The number of benzene rings is 1. The molecule has 20 heavy (non-hydrogen) atoms. The number of hydrogen-bond acceptors (Lipinski definition) is 2. The number of anilines is 1. The van der Waals surface area contributed by atoms with Gasteiger partial charge in [-0.3, -0.25) is 4.79 Å². The highest BCUT2D eigenvalue weighted by molar-refractivity contribution is 5.90. The van der Waals surface area contributed by atoms with Crippen LogP contribution in [0.3, 0.4) is 0 Å². The second-order valence-corrected chi connectivity index (χ2v) is 6.33. The average Bonchev–Trinajstić information content (AvgIpc) is 2.38. The third-order valence-corrected chi connectivity index (χ3v) is 3.39. The van der Waals surface area contributed by atoms with E-state index in [2.05, 4.69) is 38.2 Å². The molecular weight excluding hydrogens is 248 g/mol. The average molecular weight is 276 g/mol. The van der Waals surface area contributed by atoms with Gasteiger partial charge in [0.05, 0.1) is 0 Å². The molecule has 0 spiro atoms. The van der Waals surface area contributed by atoms with E-state index >= 15 is 0 Å². The molecule has 0 bridgehead atoms. The van der Waals surface area contributed by atoms with E-state index in [1.54, 1.807) is 0 Å². The van der Waals surface area contributed by atoms with Crippen LogP contribution in [0.25, 0.3) is 0 Å². The van der Waals surface area contributed by atoms with Crippen molar-refractivity contribution in [2.45, 2.75) is 58.3 Å². The van der Waals surface area contributed by atoms with Crippen molar-refractivity contribution in [3.05, 3.63) is 29.8 Å². The van der Waals surface area contributed by atoms with Gasteiger partial charge in [-0.2, -0.15) is 0 Å². The van der Waals surface area contributed by atoms with Gasteiger partial charge in [-0.15, -0.1) is 0 Å². The van der Waals surface area contributed by atoms with E-state index < -0.39 is 0 Å². The van der Waals surface area contributed by atoms with E-state index in [4.69, 9.17) is 5.73 Å². The Balaban J connectivity index is 2.35. The highest BCUT2D eigenvalue weighted by atomic mass is 16.1. The van der Waals surface area contributed by atoms with Gasteiger partial charge < -0.3 is 11.1 Å². The fraction of sp³-hybridized carbons (Fsp3) is 0.588. The fourth-order valence-corrected chi connectivity index (χ4v) is 2.06. The maximum atomic E-state index is 11.8. The predicted octanol–water partition coefficient (Wildman–Crippen LogP) is 3.83. The second kappa shape index (κ2) is 8.05. The summed E-state index contributed by atoms with van der Waals surface area (Å²) in [7, 11) is 0. The van der Waals surface area contributed by atoms with Crippen molar-refractivity contribution >= 4 is 11.6 Å². The van der Waals surface area contributed by atoms with Crippen molar-refractivity contribution in [3.63, 3.8) is 0 Å². The minimum Gasteiger partial charge on any atom is -0.330 e. The van der Waals surface area contributed by atoms with Crippen molar-refractivity contribution in [3.8, 4) is 0 Å². The number of amides is 1. The Hall–Kier alpha value is -1.35. The minimum atomic E-state index is 0.0984. The maximum absolute atomic E-state index is 11.8. The van der Waals surface area contributed by atoms with Crippen LogP contribution < -0.4 is 11.1 Å². The van der Waals surface area contributed by atoms with E-state index in [0.29, 0.717) is 6.42 Å². The zero-order valence-electron chi connectivity index (χ0n) is 13.0. The molecule has 0 aliphatic carbocycles. The Morgan fingerprint density at radius 1 is 1.05 bits per heavy atom. The van der Waals surface area contributed by atoms with Crippen molar-refractivity contribution in [1.29, 1.82) is 0 Å². The Kier molecular flexibility index (Phi) is 6.73. The third kappa shape index (κ3) is 6.20. The summed E-state index contributed by atoms with van der Waals surface area (Å²) in [5.41, 5.74) is 7.74. The Morgan fingerprint density at radius 3 is 2.20 bits per heavy atom. The Labute approximate surface area is 122 Å². The standard InChI is InChI=1S/C17H28N2O/c1-17(2,3)14-9-11-15(12-10-14)19-16(20)8-6-4-5-7-13-18/h9-12H,4-8,13,18H2,1-3H3,(H,19,20). The quantitative estimate of drug-likeness (QED) is 0.744. The first kappa shape index (κ1) is 16.7. The van der Waals surface area contributed by atoms with Crippen LogP contribution in [0.15, 0.2) is 24.3 Å². The van der Waals surface area contributed by atoms with Crippen LogP contribution in [0.2, 0.25) is 0 Å². The molecule has 0 aliphatic rings. The molecule has 1 rings (SSSR count). The Morgan fingerprint density at radius 2 is 1.65 bits per heavy atom. The molecule has 0 aliphatic heterocycles. The highest BCUT2D eigenvalue weighted by Gasteiger charge is 2.13. The van der Waals surface area contributed by atoms with Gasteiger partial charge in [0.25, 0.3) is 0 Å². The maximum Gasteiger partial charge on any atom is 0.224 e. The Bertz CT molecular complexity index is 404. The summed E-state index contributed by atoms with van der Waals surface area (Å²) in [5.74, 6) is 0.0984. The molecule has 0 radical (unpaired) electrons. The number of unbranched alkanes of at least 4 members (excludes halogenated alkanes) is 3. The van der Waals surface area contributed by atoms with Crippen LogP contribution in [-0.2, 0) is 10.2 Å². The largest absolute Gasteiger partial charge is 0.330 e. The van der Waals surface area contributed by atoms with Gasteiger partial charge in [-0.25, -0.2) is 0 Å². The summed E-state index contributed by atoms with van der Waals surface area (Å²) in [5, 5.41) is 2.95. The molecule has 0 saturated heterocycles. The molecule has 0 heterocycles. The summed E-state index contributed by atoms with van der Waals surface area (Å²) in [4.78, 5) is 11.8. The van der Waals surface area contributed by atoms with Gasteiger partial charge in [0.1, 0.15) is 0 Å². The summed E-state index contributed by atoms with van der Waals surface area (Å²) in [6.45, 7) is 7.29. The predicted molar refractivity (Wildman–Crippen MR) is 85.9 cm³/mol. The molecule has 0 atom stereocenters. The van der Waals surface area contributed by atoms with Gasteiger partial charge >= 0.3 is 0 Å². The zero-order chi connectivity index (χ0) is 15.0. The van der Waals surface area contributed by atoms with Gasteiger partial charge in [-0.05, 0) is 42.5 Å². The van der Waals surface area contributed by atoms with Crippen molar-refractivity contribution in [2.75, 3.05) is 11.9 Å². The molecule has 112 valence electrons. The van der Waals surface area contributed by atoms with Crippen LogP contribution in [-0.4, -0.2) is 12.5 Å². The topological polar surface area (TPSA) is 55.1 Å². The van der Waals surface area contributed by atoms with Crippen LogP contribution in [0.4, 0.5) is 5.69 Å². The van der Waals surface area contributed by atoms with E-state index in [-0.39, 0.29) is 11.3 Å². The second-order valence-electron chi connectivity index (χ2n) is 6.33. The molecule has 3 nitrogen and oxygen atoms in total. The molecule has 0 unspecified atom stereocenters. The van der Waals surface area contributed by atoms with E-state index in [0.717, 1.165) is 37.9 Å². The normalized spacial score (nSPS) is 11.4. The van der Waals surface area contributed by atoms with Crippen LogP contribution in [0, 0.1) is 0 Å². The SMILES string of the molecule is CC(C)(C)c1ccc(NC(=O)CCCCCCN)cc1. The van der Waals surface area contributed by atoms with E-state index in [9.17, 15) is 4.79 Å². The van der Waals surface area contributed by atoms with Gasteiger partial charge in [-0.1, -0.05) is 45.7 Å². The number of hydrogen-bond donors (Lipinski definition) is 2. The molecule has 1 aromatic carbocycles. The van der Waals surface area contributed by atoms with Crippen LogP contribution in [0.5, 0.6) is 0 Å². The number of nitrogens with one attached hydrogen (secondary N) is 1. The van der Waals surface area contributed by atoms with E-state index in [1.165, 1.54) is 5.56 Å². The van der Waals surface area contributed by atoms with Crippen molar-refractivity contribution in [2.24, 2.45) is 5.73 Å². The lowest BCUT2D eigenvalue weighted by Crippen LogP contribution is -2.13. The van der Waals surface area contributed by atoms with Crippen molar-refractivity contribution in [1.82, 2.24) is 0 Å². The lowest BCUT2D eigenvalue weighted by atomic mass is 9.87. The molecule has 0 saturated carbocycles. The molecule has 0 aromatic heterocycles. The molecule has 0 fully saturated rings. The molecular formula is C17H28N2O. The minimum absolute atomic E-state index is 0.0984. The lowest BCUT2D eigenvalue weighted by Gasteiger charge is -2.19. The van der Waals surface area contributed by atoms with Crippen LogP contribution in [0.1, 0.15) is 58.4 Å². The van der Waals surface area contributed by atoms with Crippen molar-refractivity contribution < 1.29 is 4.79 Å².